The van der Waals surface area contributed by atoms with E-state index in [1.54, 1.807) is 20.8 Å². The van der Waals surface area contributed by atoms with Crippen molar-refractivity contribution >= 4 is 77.6 Å². The first kappa shape index (κ1) is 26.3. The molecular formula is C33H30BrN3O3. The van der Waals surface area contributed by atoms with Gasteiger partial charge in [-0.05, 0) is 102 Å². The Morgan fingerprint density at radius 2 is 1.75 bits per heavy atom. The van der Waals surface area contributed by atoms with Gasteiger partial charge in [0.15, 0.2) is 0 Å². The SMILES string of the molecule is CC(C)(C)OC(=O)C[C@H](N)C(=O)Nc1ccc2c(c1)c1c(c3ccccc32)C=C(c2c[nH]c3ccc(Br)cc23)C1. The second-order valence-corrected chi connectivity index (χ2v) is 12.2. The first-order valence-corrected chi connectivity index (χ1v) is 14.1. The van der Waals surface area contributed by atoms with Gasteiger partial charge in [-0.2, -0.15) is 0 Å². The lowest BCUT2D eigenvalue weighted by Crippen LogP contribution is -2.39. The van der Waals surface area contributed by atoms with Crippen LogP contribution in [0.25, 0.3) is 44.1 Å². The Labute approximate surface area is 240 Å². The summed E-state index contributed by atoms with van der Waals surface area (Å²) in [5.74, 6) is -0.924. The van der Waals surface area contributed by atoms with Gasteiger partial charge in [0.05, 0.1) is 12.5 Å². The third-order valence-corrected chi connectivity index (χ3v) is 7.76. The number of benzene rings is 4. The van der Waals surface area contributed by atoms with Gasteiger partial charge in [0.1, 0.15) is 5.60 Å². The molecule has 5 aromatic rings. The molecule has 0 aliphatic heterocycles. The van der Waals surface area contributed by atoms with Crippen molar-refractivity contribution in [2.45, 2.75) is 45.3 Å². The predicted molar refractivity (Wildman–Crippen MR) is 166 cm³/mol. The second-order valence-electron chi connectivity index (χ2n) is 11.3. The van der Waals surface area contributed by atoms with Crippen molar-refractivity contribution in [1.29, 1.82) is 0 Å². The van der Waals surface area contributed by atoms with E-state index < -0.39 is 23.5 Å². The number of fused-ring (bicyclic) bond motifs is 7. The molecule has 1 aliphatic rings. The molecule has 1 atom stereocenters. The van der Waals surface area contributed by atoms with Crippen molar-refractivity contribution in [3.05, 3.63) is 88.0 Å². The summed E-state index contributed by atoms with van der Waals surface area (Å²) in [6, 6.07) is 19.6. The fourth-order valence-corrected chi connectivity index (χ4v) is 5.92. The number of aromatic nitrogens is 1. The van der Waals surface area contributed by atoms with Gasteiger partial charge in [0, 0.05) is 32.8 Å². The fourth-order valence-electron chi connectivity index (χ4n) is 5.56. The maximum atomic E-state index is 12.9. The number of nitrogens with two attached hydrogens (primary N) is 1. The number of aromatic amines is 1. The minimum Gasteiger partial charge on any atom is -0.460 e. The maximum Gasteiger partial charge on any atom is 0.308 e. The summed E-state index contributed by atoms with van der Waals surface area (Å²) in [5.41, 5.74) is 12.0. The van der Waals surface area contributed by atoms with Gasteiger partial charge in [0.25, 0.3) is 0 Å². The fraction of sp³-hybridized carbons (Fsp3) is 0.212. The Morgan fingerprint density at radius 1 is 1.00 bits per heavy atom. The van der Waals surface area contributed by atoms with Gasteiger partial charge >= 0.3 is 5.97 Å². The molecule has 4 aromatic carbocycles. The van der Waals surface area contributed by atoms with Crippen LogP contribution < -0.4 is 11.1 Å². The number of halogens is 1. The number of rotatable bonds is 5. The van der Waals surface area contributed by atoms with Gasteiger partial charge in [-0.3, -0.25) is 9.59 Å². The van der Waals surface area contributed by atoms with Gasteiger partial charge in [-0.15, -0.1) is 0 Å². The summed E-state index contributed by atoms with van der Waals surface area (Å²) in [7, 11) is 0. The maximum absolute atomic E-state index is 12.9. The summed E-state index contributed by atoms with van der Waals surface area (Å²) in [4.78, 5) is 28.5. The summed E-state index contributed by atoms with van der Waals surface area (Å²) in [5, 5.41) is 8.66. The lowest BCUT2D eigenvalue weighted by molar-refractivity contribution is -0.155. The number of hydrogen-bond donors (Lipinski definition) is 3. The van der Waals surface area contributed by atoms with Crippen molar-refractivity contribution < 1.29 is 14.3 Å². The van der Waals surface area contributed by atoms with E-state index in [2.05, 4.69) is 74.9 Å². The molecule has 0 saturated carbocycles. The number of H-pyrrole nitrogens is 1. The summed E-state index contributed by atoms with van der Waals surface area (Å²) in [6.45, 7) is 5.35. The molecule has 0 bridgehead atoms. The molecule has 0 unspecified atom stereocenters. The van der Waals surface area contributed by atoms with E-state index in [4.69, 9.17) is 10.5 Å². The quantitative estimate of drug-likeness (QED) is 0.146. The molecule has 1 aromatic heterocycles. The van der Waals surface area contributed by atoms with E-state index in [0.29, 0.717) is 5.69 Å². The smallest absolute Gasteiger partial charge is 0.308 e. The molecule has 6 nitrogen and oxygen atoms in total. The van der Waals surface area contributed by atoms with Crippen LogP contribution in [0.3, 0.4) is 0 Å². The number of carbonyl (C=O) groups is 2. The number of hydrogen-bond acceptors (Lipinski definition) is 4. The summed E-state index contributed by atoms with van der Waals surface area (Å²) >= 11 is 3.61. The van der Waals surface area contributed by atoms with Gasteiger partial charge in [-0.25, -0.2) is 0 Å². The summed E-state index contributed by atoms with van der Waals surface area (Å²) in [6.07, 6.45) is 4.95. The van der Waals surface area contributed by atoms with Crippen LogP contribution >= 0.6 is 15.9 Å². The number of nitrogens with one attached hydrogen (secondary N) is 2. The highest BCUT2D eigenvalue weighted by atomic mass is 79.9. The monoisotopic (exact) mass is 595 g/mol. The second kappa shape index (κ2) is 9.91. The Balaban J connectivity index is 1.36. The van der Waals surface area contributed by atoms with E-state index in [1.165, 1.54) is 33.0 Å². The van der Waals surface area contributed by atoms with E-state index in [1.807, 2.05) is 24.3 Å². The lowest BCUT2D eigenvalue weighted by Gasteiger charge is -2.20. The molecule has 202 valence electrons. The van der Waals surface area contributed by atoms with Crippen molar-refractivity contribution in [1.82, 2.24) is 4.98 Å². The zero-order chi connectivity index (χ0) is 28.2. The van der Waals surface area contributed by atoms with Gasteiger partial charge < -0.3 is 20.8 Å². The molecule has 0 radical (unpaired) electrons. The molecule has 4 N–H and O–H groups in total. The molecule has 0 saturated heterocycles. The Bertz CT molecular complexity index is 1860. The van der Waals surface area contributed by atoms with Crippen molar-refractivity contribution in [3.63, 3.8) is 0 Å². The van der Waals surface area contributed by atoms with Crippen LogP contribution in [-0.2, 0) is 20.7 Å². The molecule has 0 fully saturated rings. The van der Waals surface area contributed by atoms with E-state index in [-0.39, 0.29) is 6.42 Å². The van der Waals surface area contributed by atoms with Gasteiger partial charge in [-0.1, -0.05) is 46.3 Å². The van der Waals surface area contributed by atoms with Crippen molar-refractivity contribution in [2.75, 3.05) is 5.32 Å². The molecule has 7 heteroatoms. The highest BCUT2D eigenvalue weighted by Gasteiger charge is 2.25. The predicted octanol–water partition coefficient (Wildman–Crippen LogP) is 7.33. The van der Waals surface area contributed by atoms with E-state index in [9.17, 15) is 9.59 Å². The average molecular weight is 597 g/mol. The molecular weight excluding hydrogens is 566 g/mol. The Kier molecular flexibility index (Phi) is 6.51. The van der Waals surface area contributed by atoms with Crippen LogP contribution in [0.1, 0.15) is 43.9 Å². The molecule has 0 spiro atoms. The molecule has 1 amide bonds. The molecule has 1 aliphatic carbocycles. The topological polar surface area (TPSA) is 97.2 Å². The minimum absolute atomic E-state index is 0.190. The van der Waals surface area contributed by atoms with Gasteiger partial charge in [0.2, 0.25) is 5.91 Å². The standard InChI is InChI=1S/C33H30BrN3O3/c1-33(2,3)40-31(38)16-29(35)32(39)37-20-9-10-23-21-6-4-5-7-22(21)24-12-18(13-25(24)26(23)15-20)28-17-36-30-11-8-19(34)14-27(28)30/h4-12,14-15,17,29,36H,13,16,35H2,1-3H3,(H,37,39)/t29-/m0/s1. The third kappa shape index (κ3) is 4.91. The highest BCUT2D eigenvalue weighted by molar-refractivity contribution is 9.10. The third-order valence-electron chi connectivity index (χ3n) is 7.26. The van der Waals surface area contributed by atoms with Crippen LogP contribution in [-0.4, -0.2) is 28.5 Å². The van der Waals surface area contributed by atoms with Crippen LogP contribution in [0.2, 0.25) is 0 Å². The minimum atomic E-state index is -1.01. The van der Waals surface area contributed by atoms with Crippen molar-refractivity contribution in [2.24, 2.45) is 5.73 Å². The molecule has 1 heterocycles. The van der Waals surface area contributed by atoms with Crippen LogP contribution in [0.5, 0.6) is 0 Å². The van der Waals surface area contributed by atoms with Crippen molar-refractivity contribution in [3.8, 4) is 0 Å². The number of carbonyl (C=O) groups excluding carboxylic acids is 2. The largest absolute Gasteiger partial charge is 0.460 e. The average Bonchev–Trinajstić information content (AvgIpc) is 3.52. The van der Waals surface area contributed by atoms with E-state index in [0.717, 1.165) is 32.6 Å². The molecule has 40 heavy (non-hydrogen) atoms. The number of allylic oxidation sites excluding steroid dienone is 1. The first-order chi connectivity index (χ1) is 19.1. The number of anilines is 1. The van der Waals surface area contributed by atoms with Crippen LogP contribution in [0, 0.1) is 0 Å². The lowest BCUT2D eigenvalue weighted by atomic mass is 9.92. The van der Waals surface area contributed by atoms with Crippen LogP contribution in [0.4, 0.5) is 5.69 Å². The Hall–Kier alpha value is -3.94. The number of esters is 1. The van der Waals surface area contributed by atoms with Crippen LogP contribution in [0.15, 0.2) is 71.3 Å². The molecule has 6 rings (SSSR count). The number of amides is 1. The zero-order valence-corrected chi connectivity index (χ0v) is 24.2. The highest BCUT2D eigenvalue weighted by Crippen LogP contribution is 2.43. The normalized spacial score (nSPS) is 13.9. The first-order valence-electron chi connectivity index (χ1n) is 13.3. The van der Waals surface area contributed by atoms with E-state index >= 15 is 0 Å². The zero-order valence-electron chi connectivity index (χ0n) is 22.6. The summed E-state index contributed by atoms with van der Waals surface area (Å²) < 4.78 is 6.36. The number of ether oxygens (including phenoxy) is 1. The Morgan fingerprint density at radius 3 is 2.52 bits per heavy atom.